The molecule has 2 N–H and O–H groups in total. The first kappa shape index (κ1) is 16.9. The molecule has 0 atom stereocenters. The normalized spacial score (nSPS) is 19.2. The predicted octanol–water partition coefficient (Wildman–Crippen LogP) is -0.877. The molecule has 2 saturated heterocycles. The topological polar surface area (TPSA) is 103 Å². The van der Waals surface area contributed by atoms with E-state index < -0.39 is 5.91 Å². The molecule has 0 radical (unpaired) electrons. The summed E-state index contributed by atoms with van der Waals surface area (Å²) in [5, 5.41) is 0. The highest BCUT2D eigenvalue weighted by Gasteiger charge is 2.18. The van der Waals surface area contributed by atoms with Crippen LogP contribution in [0.5, 0.6) is 5.88 Å². The molecule has 1 aromatic heterocycles. The summed E-state index contributed by atoms with van der Waals surface area (Å²) in [5.41, 5.74) is 5.54. The molecule has 1 aromatic rings. The van der Waals surface area contributed by atoms with Gasteiger partial charge in [-0.15, -0.1) is 0 Å². The molecule has 0 unspecified atom stereocenters. The van der Waals surface area contributed by atoms with E-state index >= 15 is 0 Å². The highest BCUT2D eigenvalue weighted by atomic mass is 16.5. The van der Waals surface area contributed by atoms with Gasteiger partial charge in [0.25, 0.3) is 5.91 Å². The third-order valence-corrected chi connectivity index (χ3v) is 4.00. The van der Waals surface area contributed by atoms with Crippen LogP contribution in [-0.2, 0) is 9.47 Å². The van der Waals surface area contributed by atoms with Crippen molar-refractivity contribution >= 4 is 11.9 Å². The first-order valence-electron chi connectivity index (χ1n) is 8.17. The number of hydrogen-bond donors (Lipinski definition) is 1. The number of rotatable bonds is 6. The van der Waals surface area contributed by atoms with Crippen LogP contribution in [0.25, 0.3) is 0 Å². The Kier molecular flexibility index (Phi) is 5.78. The summed E-state index contributed by atoms with van der Waals surface area (Å²) in [4.78, 5) is 24.4. The van der Waals surface area contributed by atoms with Crippen molar-refractivity contribution in [2.45, 2.75) is 0 Å². The van der Waals surface area contributed by atoms with E-state index in [1.165, 1.54) is 6.07 Å². The van der Waals surface area contributed by atoms with E-state index in [1.807, 2.05) is 4.90 Å². The van der Waals surface area contributed by atoms with Crippen LogP contribution in [0.1, 0.15) is 10.5 Å². The van der Waals surface area contributed by atoms with Gasteiger partial charge in [0.2, 0.25) is 11.8 Å². The van der Waals surface area contributed by atoms with Crippen LogP contribution >= 0.6 is 0 Å². The monoisotopic (exact) mass is 337 g/mol. The molecule has 0 aliphatic carbocycles. The maximum atomic E-state index is 11.5. The second-order valence-corrected chi connectivity index (χ2v) is 5.66. The number of carbonyl (C=O) groups is 1. The second kappa shape index (κ2) is 8.22. The van der Waals surface area contributed by atoms with Gasteiger partial charge in [0.05, 0.1) is 26.4 Å². The van der Waals surface area contributed by atoms with Crippen molar-refractivity contribution < 1.29 is 19.0 Å². The van der Waals surface area contributed by atoms with Gasteiger partial charge in [0.15, 0.2) is 0 Å². The van der Waals surface area contributed by atoms with Gasteiger partial charge >= 0.3 is 0 Å². The van der Waals surface area contributed by atoms with Gasteiger partial charge in [-0.2, -0.15) is 4.98 Å². The molecule has 9 heteroatoms. The number of morpholine rings is 2. The minimum absolute atomic E-state index is 0.160. The molecule has 1 amide bonds. The number of anilines is 1. The van der Waals surface area contributed by atoms with E-state index in [4.69, 9.17) is 19.9 Å². The van der Waals surface area contributed by atoms with Crippen molar-refractivity contribution in [3.05, 3.63) is 11.8 Å². The van der Waals surface area contributed by atoms with Crippen molar-refractivity contribution in [3.8, 4) is 5.88 Å². The number of ether oxygens (including phenoxy) is 3. The standard InChI is InChI=1S/C15H23N5O4/c16-14(21)12-11-13(24-10-3-19-1-6-22-7-2-19)18-15(17-12)20-4-8-23-9-5-20/h11H,1-10H2,(H2,16,21). The third-order valence-electron chi connectivity index (χ3n) is 4.00. The third kappa shape index (κ3) is 4.53. The molecular weight excluding hydrogens is 314 g/mol. The largest absolute Gasteiger partial charge is 0.476 e. The lowest BCUT2D eigenvalue weighted by Gasteiger charge is -2.27. The zero-order chi connectivity index (χ0) is 16.8. The number of amides is 1. The first-order chi connectivity index (χ1) is 11.7. The Labute approximate surface area is 140 Å². The summed E-state index contributed by atoms with van der Waals surface area (Å²) >= 11 is 0. The highest BCUT2D eigenvalue weighted by molar-refractivity contribution is 5.91. The molecular formula is C15H23N5O4. The number of nitrogens with two attached hydrogens (primary N) is 1. The fourth-order valence-electron chi connectivity index (χ4n) is 2.62. The van der Waals surface area contributed by atoms with Gasteiger partial charge in [-0.1, -0.05) is 0 Å². The predicted molar refractivity (Wildman–Crippen MR) is 86.3 cm³/mol. The maximum absolute atomic E-state index is 11.5. The number of primary amides is 1. The molecule has 9 nitrogen and oxygen atoms in total. The zero-order valence-corrected chi connectivity index (χ0v) is 13.6. The number of hydrogen-bond acceptors (Lipinski definition) is 8. The minimum Gasteiger partial charge on any atom is -0.476 e. The van der Waals surface area contributed by atoms with E-state index in [0.717, 1.165) is 32.8 Å². The number of carbonyl (C=O) groups excluding carboxylic acids is 1. The van der Waals surface area contributed by atoms with Gasteiger partial charge < -0.3 is 24.8 Å². The highest BCUT2D eigenvalue weighted by Crippen LogP contribution is 2.17. The van der Waals surface area contributed by atoms with E-state index in [1.54, 1.807) is 0 Å². The van der Waals surface area contributed by atoms with E-state index in [9.17, 15) is 4.79 Å². The average molecular weight is 337 g/mol. The Morgan fingerprint density at radius 3 is 2.46 bits per heavy atom. The Morgan fingerprint density at radius 1 is 1.12 bits per heavy atom. The Hall–Kier alpha value is -1.97. The first-order valence-corrected chi connectivity index (χ1v) is 8.17. The fraction of sp³-hybridized carbons (Fsp3) is 0.667. The molecule has 0 saturated carbocycles. The van der Waals surface area contributed by atoms with Crippen LogP contribution in [0.15, 0.2) is 6.07 Å². The summed E-state index contributed by atoms with van der Waals surface area (Å²) in [5.74, 6) is 0.231. The van der Waals surface area contributed by atoms with Crippen molar-refractivity contribution in [1.82, 2.24) is 14.9 Å². The molecule has 24 heavy (non-hydrogen) atoms. The van der Waals surface area contributed by atoms with Gasteiger partial charge in [-0.25, -0.2) is 4.98 Å². The van der Waals surface area contributed by atoms with Gasteiger partial charge in [0.1, 0.15) is 12.3 Å². The Morgan fingerprint density at radius 2 is 1.79 bits per heavy atom. The van der Waals surface area contributed by atoms with E-state index in [2.05, 4.69) is 14.9 Å². The smallest absolute Gasteiger partial charge is 0.267 e. The maximum Gasteiger partial charge on any atom is 0.267 e. The van der Waals surface area contributed by atoms with Crippen molar-refractivity contribution in [2.75, 3.05) is 70.7 Å². The van der Waals surface area contributed by atoms with Crippen LogP contribution in [0.4, 0.5) is 5.95 Å². The van der Waals surface area contributed by atoms with Crippen LogP contribution in [0.3, 0.4) is 0 Å². The SMILES string of the molecule is NC(=O)c1cc(OCCN2CCOCC2)nc(N2CCOCC2)n1. The van der Waals surface area contributed by atoms with Crippen molar-refractivity contribution in [3.63, 3.8) is 0 Å². The molecule has 2 aliphatic rings. The van der Waals surface area contributed by atoms with E-state index in [-0.39, 0.29) is 5.69 Å². The van der Waals surface area contributed by atoms with Crippen LogP contribution in [0, 0.1) is 0 Å². The summed E-state index contributed by atoms with van der Waals surface area (Å²) < 4.78 is 16.4. The summed E-state index contributed by atoms with van der Waals surface area (Å²) in [6.45, 7) is 7.14. The molecule has 0 aromatic carbocycles. The van der Waals surface area contributed by atoms with Gasteiger partial charge in [0, 0.05) is 38.8 Å². The molecule has 0 spiro atoms. The quantitative estimate of drug-likeness (QED) is 0.714. The average Bonchev–Trinajstić information content (AvgIpc) is 2.63. The lowest BCUT2D eigenvalue weighted by Crippen LogP contribution is -2.39. The van der Waals surface area contributed by atoms with Crippen LogP contribution in [-0.4, -0.2) is 86.5 Å². The lowest BCUT2D eigenvalue weighted by molar-refractivity contribution is 0.0320. The van der Waals surface area contributed by atoms with Gasteiger partial charge in [-0.3, -0.25) is 9.69 Å². The molecule has 3 heterocycles. The minimum atomic E-state index is -0.593. The van der Waals surface area contributed by atoms with Gasteiger partial charge in [-0.05, 0) is 0 Å². The van der Waals surface area contributed by atoms with Crippen LogP contribution < -0.4 is 15.4 Å². The van der Waals surface area contributed by atoms with Crippen LogP contribution in [0.2, 0.25) is 0 Å². The number of aromatic nitrogens is 2. The molecule has 2 fully saturated rings. The Bertz CT molecular complexity index is 559. The molecule has 2 aliphatic heterocycles. The summed E-state index contributed by atoms with van der Waals surface area (Å²) in [6.07, 6.45) is 0. The molecule has 3 rings (SSSR count). The fourth-order valence-corrected chi connectivity index (χ4v) is 2.62. The zero-order valence-electron chi connectivity index (χ0n) is 13.6. The van der Waals surface area contributed by atoms with Crippen molar-refractivity contribution in [1.29, 1.82) is 0 Å². The Balaban J connectivity index is 1.64. The van der Waals surface area contributed by atoms with Crippen molar-refractivity contribution in [2.24, 2.45) is 5.73 Å². The summed E-state index contributed by atoms with van der Waals surface area (Å²) in [7, 11) is 0. The summed E-state index contributed by atoms with van der Waals surface area (Å²) in [6, 6.07) is 1.49. The molecule has 132 valence electrons. The van der Waals surface area contributed by atoms with E-state index in [0.29, 0.717) is 44.7 Å². The second-order valence-electron chi connectivity index (χ2n) is 5.66. The number of nitrogens with zero attached hydrogens (tertiary/aromatic N) is 4. The lowest BCUT2D eigenvalue weighted by atomic mass is 10.3. The molecule has 0 bridgehead atoms.